The lowest BCUT2D eigenvalue weighted by Crippen LogP contribution is -2.23. The van der Waals surface area contributed by atoms with Crippen LogP contribution in [0.1, 0.15) is 5.56 Å². The second-order valence-corrected chi connectivity index (χ2v) is 5.36. The number of aromatic hydroxyl groups is 2. The molecule has 1 aromatic carbocycles. The molecule has 0 bridgehead atoms. The van der Waals surface area contributed by atoms with E-state index in [1.807, 2.05) is 0 Å². The molecule has 2 rings (SSSR count). The molecule has 0 amide bonds. The van der Waals surface area contributed by atoms with Crippen molar-refractivity contribution in [2.75, 3.05) is 0 Å². The van der Waals surface area contributed by atoms with Crippen LogP contribution in [0.4, 0.5) is 13.2 Å². The smallest absolute Gasteiger partial charge is 0.417 e. The summed E-state index contributed by atoms with van der Waals surface area (Å²) in [5.74, 6) is -1.58. The number of nitrogens with zero attached hydrogens (tertiary/aromatic N) is 1. The Kier molecular flexibility index (Phi) is 3.49. The molecule has 2 aromatic rings. The lowest BCUT2D eigenvalue weighted by Gasteiger charge is -2.13. The largest absolute Gasteiger partial charge is 0.492 e. The van der Waals surface area contributed by atoms with Crippen LogP contribution in [-0.4, -0.2) is 23.4 Å². The molecule has 0 saturated carbocycles. The summed E-state index contributed by atoms with van der Waals surface area (Å²) in [7, 11) is -4.92. The summed E-state index contributed by atoms with van der Waals surface area (Å²) in [5.41, 5.74) is -1.42. The molecule has 21 heavy (non-hydrogen) atoms. The number of hydrogen-bond acceptors (Lipinski definition) is 5. The van der Waals surface area contributed by atoms with E-state index in [9.17, 15) is 31.8 Å². The molecule has 10 heteroatoms. The molecular formula is C11H8F3NO5S. The van der Waals surface area contributed by atoms with Crippen LogP contribution < -0.4 is 4.28 Å². The molecule has 0 atom stereocenters. The highest BCUT2D eigenvalue weighted by Crippen LogP contribution is 2.34. The fourth-order valence-electron chi connectivity index (χ4n) is 1.54. The summed E-state index contributed by atoms with van der Waals surface area (Å²) in [6.45, 7) is 0. The standard InChI is InChI=1S/C11H8F3NO5S/c12-11(13,14)7-3-1-2-4-8(7)21(18,19)20-15-9(16)5-6-10(15)17/h1-6,16-17H. The minimum absolute atomic E-state index is 0.0858. The number of halogens is 3. The first kappa shape index (κ1) is 15.0. The van der Waals surface area contributed by atoms with E-state index in [1.165, 1.54) is 0 Å². The molecule has 0 unspecified atom stereocenters. The molecule has 0 aliphatic carbocycles. The third-order valence-electron chi connectivity index (χ3n) is 2.43. The van der Waals surface area contributed by atoms with Crippen LogP contribution in [0.25, 0.3) is 0 Å². The highest BCUT2D eigenvalue weighted by Gasteiger charge is 2.38. The first-order valence-electron chi connectivity index (χ1n) is 5.34. The first-order chi connectivity index (χ1) is 9.63. The van der Waals surface area contributed by atoms with E-state index in [0.717, 1.165) is 24.3 Å². The summed E-state index contributed by atoms with van der Waals surface area (Å²) in [4.78, 5) is -1.13. The molecule has 0 spiro atoms. The minimum Gasteiger partial charge on any atom is -0.492 e. The van der Waals surface area contributed by atoms with Crippen LogP contribution >= 0.6 is 0 Å². The highest BCUT2D eigenvalue weighted by molar-refractivity contribution is 7.87. The van der Waals surface area contributed by atoms with E-state index >= 15 is 0 Å². The summed E-state index contributed by atoms with van der Waals surface area (Å²) in [6, 6.07) is 5.19. The topological polar surface area (TPSA) is 88.8 Å². The van der Waals surface area contributed by atoms with Crippen LogP contribution in [0.15, 0.2) is 41.3 Å². The van der Waals surface area contributed by atoms with Gasteiger partial charge < -0.3 is 10.2 Å². The Bertz CT molecular complexity index is 747. The maximum Gasteiger partial charge on any atom is 0.417 e. The Morgan fingerprint density at radius 1 is 1.00 bits per heavy atom. The number of aromatic nitrogens is 1. The molecule has 1 heterocycles. The van der Waals surface area contributed by atoms with Gasteiger partial charge in [-0.2, -0.15) is 21.6 Å². The van der Waals surface area contributed by atoms with Gasteiger partial charge in [0.1, 0.15) is 4.90 Å². The van der Waals surface area contributed by atoms with Crippen molar-refractivity contribution in [1.29, 1.82) is 0 Å². The normalized spacial score (nSPS) is 12.3. The second kappa shape index (κ2) is 4.88. The Labute approximate surface area is 116 Å². The molecule has 114 valence electrons. The lowest BCUT2D eigenvalue weighted by atomic mass is 10.2. The number of alkyl halides is 3. The quantitative estimate of drug-likeness (QED) is 0.898. The molecule has 1 aromatic heterocycles. The van der Waals surface area contributed by atoms with Crippen molar-refractivity contribution in [2.45, 2.75) is 11.1 Å². The van der Waals surface area contributed by atoms with Gasteiger partial charge >= 0.3 is 16.3 Å². The van der Waals surface area contributed by atoms with Crippen molar-refractivity contribution in [3.63, 3.8) is 0 Å². The highest BCUT2D eigenvalue weighted by atomic mass is 32.2. The van der Waals surface area contributed by atoms with Gasteiger partial charge in [0.2, 0.25) is 11.8 Å². The van der Waals surface area contributed by atoms with E-state index in [2.05, 4.69) is 4.28 Å². The Balaban J connectivity index is 2.51. The zero-order valence-corrected chi connectivity index (χ0v) is 10.9. The Morgan fingerprint density at radius 3 is 2.05 bits per heavy atom. The van der Waals surface area contributed by atoms with E-state index in [1.54, 1.807) is 0 Å². The van der Waals surface area contributed by atoms with Crippen molar-refractivity contribution in [3.8, 4) is 11.8 Å². The molecule has 0 aliphatic heterocycles. The molecule has 0 fully saturated rings. The molecular weight excluding hydrogens is 315 g/mol. The van der Waals surface area contributed by atoms with Gasteiger partial charge in [0, 0.05) is 12.1 Å². The van der Waals surface area contributed by atoms with Gasteiger partial charge in [-0.3, -0.25) is 4.28 Å². The summed E-state index contributed by atoms with van der Waals surface area (Å²) in [5, 5.41) is 18.5. The summed E-state index contributed by atoms with van der Waals surface area (Å²) < 4.78 is 66.6. The molecule has 0 radical (unpaired) electrons. The minimum atomic E-state index is -4.92. The van der Waals surface area contributed by atoms with Gasteiger partial charge in [-0.25, -0.2) is 0 Å². The maximum absolute atomic E-state index is 12.8. The van der Waals surface area contributed by atoms with Gasteiger partial charge in [0.05, 0.1) is 5.56 Å². The van der Waals surface area contributed by atoms with Crippen LogP contribution in [-0.2, 0) is 16.3 Å². The maximum atomic E-state index is 12.8. The Hall–Kier alpha value is -2.36. The predicted molar refractivity (Wildman–Crippen MR) is 63.0 cm³/mol. The van der Waals surface area contributed by atoms with Crippen molar-refractivity contribution in [3.05, 3.63) is 42.0 Å². The van der Waals surface area contributed by atoms with Gasteiger partial charge in [-0.05, 0) is 12.1 Å². The SMILES string of the molecule is O=S(=O)(On1c(O)ccc1O)c1ccccc1C(F)(F)F. The fraction of sp³-hybridized carbons (Fsp3) is 0.0909. The van der Waals surface area contributed by atoms with E-state index in [0.29, 0.717) is 12.1 Å². The number of benzene rings is 1. The van der Waals surface area contributed by atoms with Crippen molar-refractivity contribution >= 4 is 10.1 Å². The average molecular weight is 323 g/mol. The monoisotopic (exact) mass is 323 g/mol. The molecule has 6 nitrogen and oxygen atoms in total. The summed E-state index contributed by atoms with van der Waals surface area (Å²) in [6.07, 6.45) is -4.91. The van der Waals surface area contributed by atoms with Crippen LogP contribution in [0.2, 0.25) is 0 Å². The predicted octanol–water partition coefficient (Wildman–Crippen LogP) is 1.74. The fourth-order valence-corrected chi connectivity index (χ4v) is 2.66. The lowest BCUT2D eigenvalue weighted by molar-refractivity contribution is -0.140. The number of hydrogen-bond donors (Lipinski definition) is 2. The van der Waals surface area contributed by atoms with Crippen LogP contribution in [0, 0.1) is 0 Å². The summed E-state index contributed by atoms with van der Waals surface area (Å²) >= 11 is 0. The average Bonchev–Trinajstić information content (AvgIpc) is 2.69. The van der Waals surface area contributed by atoms with Gasteiger partial charge in [-0.1, -0.05) is 16.9 Å². The number of rotatable bonds is 3. The van der Waals surface area contributed by atoms with E-state index in [-0.39, 0.29) is 4.73 Å². The Morgan fingerprint density at radius 2 is 1.52 bits per heavy atom. The zero-order valence-electron chi connectivity index (χ0n) is 10.1. The second-order valence-electron chi connectivity index (χ2n) is 3.87. The van der Waals surface area contributed by atoms with Crippen molar-refractivity contribution in [1.82, 2.24) is 4.73 Å². The van der Waals surface area contributed by atoms with Crippen molar-refractivity contribution < 1.29 is 36.1 Å². The zero-order chi connectivity index (χ0) is 15.8. The van der Waals surface area contributed by atoms with Gasteiger partial charge in [0.15, 0.2) is 0 Å². The molecule has 2 N–H and O–H groups in total. The van der Waals surface area contributed by atoms with E-state index in [4.69, 9.17) is 0 Å². The molecule has 0 saturated heterocycles. The molecule has 0 aliphatic rings. The van der Waals surface area contributed by atoms with Crippen LogP contribution in [0.3, 0.4) is 0 Å². The van der Waals surface area contributed by atoms with Crippen molar-refractivity contribution in [2.24, 2.45) is 0 Å². The van der Waals surface area contributed by atoms with Gasteiger partial charge in [-0.15, -0.1) is 0 Å². The van der Waals surface area contributed by atoms with Crippen LogP contribution in [0.5, 0.6) is 11.8 Å². The van der Waals surface area contributed by atoms with Gasteiger partial charge in [0.25, 0.3) is 0 Å². The third-order valence-corrected chi connectivity index (χ3v) is 3.67. The first-order valence-corrected chi connectivity index (χ1v) is 6.74. The van der Waals surface area contributed by atoms with E-state index < -0.39 is 38.5 Å². The third kappa shape index (κ3) is 2.89.